The number of hydrogen-bond acceptors (Lipinski definition) is 3. The molecule has 0 aliphatic rings. The van der Waals surface area contributed by atoms with E-state index in [9.17, 15) is 4.39 Å². The van der Waals surface area contributed by atoms with Crippen LogP contribution in [-0.4, -0.2) is 12.3 Å². The Bertz CT molecular complexity index is 479. The maximum absolute atomic E-state index is 12.7. The van der Waals surface area contributed by atoms with Crippen LogP contribution < -0.4 is 5.32 Å². The van der Waals surface area contributed by atoms with Gasteiger partial charge in [0.2, 0.25) is 0 Å². The van der Waals surface area contributed by atoms with Crippen molar-refractivity contribution in [2.75, 3.05) is 12.3 Å². The van der Waals surface area contributed by atoms with Crippen molar-refractivity contribution in [2.45, 2.75) is 18.4 Å². The predicted octanol–water partition coefficient (Wildman–Crippen LogP) is 4.08. The Morgan fingerprint density at radius 3 is 2.61 bits per heavy atom. The summed E-state index contributed by atoms with van der Waals surface area (Å²) in [5.74, 6) is 0.821. The Balaban J connectivity index is 1.63. The molecule has 0 unspecified atom stereocenters. The van der Waals surface area contributed by atoms with Gasteiger partial charge >= 0.3 is 0 Å². The van der Waals surface area contributed by atoms with Gasteiger partial charge in [0.25, 0.3) is 0 Å². The lowest BCUT2D eigenvalue weighted by Gasteiger charge is -2.03. The van der Waals surface area contributed by atoms with Crippen LogP contribution in [-0.2, 0) is 6.54 Å². The Morgan fingerprint density at radius 1 is 1.17 bits per heavy atom. The van der Waals surface area contributed by atoms with Crippen LogP contribution in [0, 0.1) is 12.7 Å². The molecule has 1 N–H and O–H groups in total. The minimum Gasteiger partial charge on any atom is -0.311 e. The fourth-order valence-corrected chi connectivity index (χ4v) is 3.23. The van der Waals surface area contributed by atoms with E-state index in [1.165, 1.54) is 21.9 Å². The van der Waals surface area contributed by atoms with Crippen molar-refractivity contribution < 1.29 is 4.39 Å². The SMILES string of the molecule is Cc1ccc(CNCCSc2ccc(F)cc2)s1. The summed E-state index contributed by atoms with van der Waals surface area (Å²) in [6, 6.07) is 11.0. The van der Waals surface area contributed by atoms with Crippen LogP contribution in [0.5, 0.6) is 0 Å². The Hall–Kier alpha value is -0.840. The van der Waals surface area contributed by atoms with Crippen LogP contribution in [0.15, 0.2) is 41.3 Å². The topological polar surface area (TPSA) is 12.0 Å². The number of rotatable bonds is 6. The zero-order valence-corrected chi connectivity index (χ0v) is 11.9. The van der Waals surface area contributed by atoms with E-state index >= 15 is 0 Å². The molecule has 2 rings (SSSR count). The van der Waals surface area contributed by atoms with Crippen molar-refractivity contribution in [3.05, 3.63) is 52.0 Å². The molecule has 1 heterocycles. The molecule has 0 saturated carbocycles. The van der Waals surface area contributed by atoms with Crippen molar-refractivity contribution in [3.8, 4) is 0 Å². The molecule has 18 heavy (non-hydrogen) atoms. The van der Waals surface area contributed by atoms with Crippen molar-refractivity contribution in [1.82, 2.24) is 5.32 Å². The molecule has 0 aliphatic heterocycles. The molecular weight excluding hydrogens is 265 g/mol. The lowest BCUT2D eigenvalue weighted by atomic mass is 10.4. The smallest absolute Gasteiger partial charge is 0.123 e. The summed E-state index contributed by atoms with van der Waals surface area (Å²) in [5, 5.41) is 3.41. The minimum atomic E-state index is -0.175. The van der Waals surface area contributed by atoms with E-state index in [1.807, 2.05) is 23.5 Å². The Morgan fingerprint density at radius 2 is 1.94 bits per heavy atom. The number of aryl methyl sites for hydroxylation is 1. The molecule has 0 spiro atoms. The lowest BCUT2D eigenvalue weighted by molar-refractivity contribution is 0.626. The fourth-order valence-electron chi connectivity index (χ4n) is 1.56. The largest absolute Gasteiger partial charge is 0.311 e. The molecule has 0 aliphatic carbocycles. The van der Waals surface area contributed by atoms with E-state index < -0.39 is 0 Å². The molecule has 96 valence electrons. The summed E-state index contributed by atoms with van der Waals surface area (Å²) < 4.78 is 12.7. The first kappa shape index (κ1) is 13.6. The van der Waals surface area contributed by atoms with E-state index in [0.717, 1.165) is 23.7 Å². The van der Waals surface area contributed by atoms with Crippen LogP contribution in [0.3, 0.4) is 0 Å². The number of hydrogen-bond donors (Lipinski definition) is 1. The highest BCUT2D eigenvalue weighted by Gasteiger charge is 1.97. The standard InChI is InChI=1S/C14H16FNS2/c1-11-2-5-14(18-11)10-16-8-9-17-13-6-3-12(15)4-7-13/h2-7,16H,8-10H2,1H3. The lowest BCUT2D eigenvalue weighted by Crippen LogP contribution is -2.15. The van der Waals surface area contributed by atoms with E-state index in [1.54, 1.807) is 11.8 Å². The predicted molar refractivity (Wildman–Crippen MR) is 77.9 cm³/mol. The maximum atomic E-state index is 12.7. The number of thiophene rings is 1. The van der Waals surface area contributed by atoms with Gasteiger partial charge in [0, 0.05) is 33.5 Å². The van der Waals surface area contributed by atoms with Gasteiger partial charge in [-0.3, -0.25) is 0 Å². The van der Waals surface area contributed by atoms with Gasteiger partial charge in [-0.25, -0.2) is 4.39 Å². The average Bonchev–Trinajstić information content (AvgIpc) is 2.77. The molecule has 0 fully saturated rings. The highest BCUT2D eigenvalue weighted by Crippen LogP contribution is 2.17. The number of benzene rings is 1. The van der Waals surface area contributed by atoms with E-state index in [-0.39, 0.29) is 5.82 Å². The van der Waals surface area contributed by atoms with Crippen molar-refractivity contribution >= 4 is 23.1 Å². The quantitative estimate of drug-likeness (QED) is 0.632. The Kier molecular flexibility index (Phi) is 5.23. The monoisotopic (exact) mass is 281 g/mol. The molecule has 2 aromatic rings. The van der Waals surface area contributed by atoms with E-state index in [2.05, 4.69) is 24.4 Å². The second-order valence-corrected chi connectivity index (χ2v) is 6.53. The van der Waals surface area contributed by atoms with E-state index in [4.69, 9.17) is 0 Å². The van der Waals surface area contributed by atoms with Crippen LogP contribution in [0.25, 0.3) is 0 Å². The molecular formula is C14H16FNS2. The molecule has 0 atom stereocenters. The van der Waals surface area contributed by atoms with Gasteiger partial charge in [-0.1, -0.05) is 0 Å². The first-order chi connectivity index (χ1) is 8.74. The first-order valence-corrected chi connectivity index (χ1v) is 7.68. The number of halogens is 1. The molecule has 1 aromatic carbocycles. The fraction of sp³-hybridized carbons (Fsp3) is 0.286. The third kappa shape index (κ3) is 4.44. The summed E-state index contributed by atoms with van der Waals surface area (Å²) in [6.45, 7) is 4.01. The van der Waals surface area contributed by atoms with Gasteiger partial charge in [-0.2, -0.15) is 0 Å². The molecule has 0 amide bonds. The van der Waals surface area contributed by atoms with Crippen molar-refractivity contribution in [3.63, 3.8) is 0 Å². The summed E-state index contributed by atoms with van der Waals surface area (Å²) in [5.41, 5.74) is 0. The zero-order chi connectivity index (χ0) is 12.8. The average molecular weight is 281 g/mol. The summed E-state index contributed by atoms with van der Waals surface area (Å²) in [7, 11) is 0. The van der Waals surface area contributed by atoms with Crippen molar-refractivity contribution in [1.29, 1.82) is 0 Å². The maximum Gasteiger partial charge on any atom is 0.123 e. The summed E-state index contributed by atoms with van der Waals surface area (Å²) in [6.07, 6.45) is 0. The van der Waals surface area contributed by atoms with Crippen LogP contribution in [0.4, 0.5) is 4.39 Å². The molecule has 4 heteroatoms. The first-order valence-electron chi connectivity index (χ1n) is 5.88. The number of thioether (sulfide) groups is 1. The van der Waals surface area contributed by atoms with Crippen molar-refractivity contribution in [2.24, 2.45) is 0 Å². The second-order valence-electron chi connectivity index (χ2n) is 3.99. The van der Waals surface area contributed by atoms with Gasteiger partial charge in [0.15, 0.2) is 0 Å². The van der Waals surface area contributed by atoms with Crippen LogP contribution >= 0.6 is 23.1 Å². The highest BCUT2D eigenvalue weighted by atomic mass is 32.2. The summed E-state index contributed by atoms with van der Waals surface area (Å²) in [4.78, 5) is 3.84. The van der Waals surface area contributed by atoms with E-state index in [0.29, 0.717) is 0 Å². The number of nitrogens with one attached hydrogen (secondary N) is 1. The normalized spacial score (nSPS) is 10.8. The summed E-state index contributed by atoms with van der Waals surface area (Å²) >= 11 is 3.58. The third-order valence-corrected chi connectivity index (χ3v) is 4.47. The minimum absolute atomic E-state index is 0.175. The molecule has 0 saturated heterocycles. The van der Waals surface area contributed by atoms with Gasteiger partial charge in [-0.05, 0) is 43.3 Å². The molecule has 0 radical (unpaired) electrons. The second kappa shape index (κ2) is 6.92. The highest BCUT2D eigenvalue weighted by molar-refractivity contribution is 7.99. The van der Waals surface area contributed by atoms with Gasteiger partial charge in [-0.15, -0.1) is 23.1 Å². The van der Waals surface area contributed by atoms with Crippen LogP contribution in [0.1, 0.15) is 9.75 Å². The van der Waals surface area contributed by atoms with Gasteiger partial charge in [0.05, 0.1) is 0 Å². The van der Waals surface area contributed by atoms with Crippen LogP contribution in [0.2, 0.25) is 0 Å². The zero-order valence-electron chi connectivity index (χ0n) is 10.3. The molecule has 0 bridgehead atoms. The Labute approximate surface area is 115 Å². The molecule has 1 aromatic heterocycles. The third-order valence-electron chi connectivity index (χ3n) is 2.46. The molecule has 1 nitrogen and oxygen atoms in total. The van der Waals surface area contributed by atoms with Gasteiger partial charge < -0.3 is 5.32 Å². The van der Waals surface area contributed by atoms with Gasteiger partial charge in [0.1, 0.15) is 5.82 Å².